The molecule has 13 heteroatoms. The van der Waals surface area contributed by atoms with Gasteiger partial charge in [0.1, 0.15) is 12.1 Å². The lowest BCUT2D eigenvalue weighted by molar-refractivity contribution is -0.384. The van der Waals surface area contributed by atoms with Crippen LogP contribution in [0.4, 0.5) is 11.4 Å². The number of carbonyl (C=O) groups excluding carboxylic acids is 4. The Kier molecular flexibility index (Phi) is 10.3. The van der Waals surface area contributed by atoms with E-state index in [1.807, 2.05) is 0 Å². The summed E-state index contributed by atoms with van der Waals surface area (Å²) in [6.45, 7) is 2.82. The van der Waals surface area contributed by atoms with Gasteiger partial charge in [0, 0.05) is 37.2 Å². The molecule has 32 heavy (non-hydrogen) atoms. The van der Waals surface area contributed by atoms with Crippen molar-refractivity contribution in [2.45, 2.75) is 45.2 Å². The molecule has 2 atom stereocenters. The molecule has 0 radical (unpaired) electrons. The van der Waals surface area contributed by atoms with Crippen molar-refractivity contribution in [3.8, 4) is 0 Å². The van der Waals surface area contributed by atoms with Crippen LogP contribution in [0.1, 0.15) is 33.1 Å². The summed E-state index contributed by atoms with van der Waals surface area (Å²) >= 11 is 0. The largest absolute Gasteiger partial charge is 0.481 e. The second kappa shape index (κ2) is 12.6. The van der Waals surface area contributed by atoms with Crippen LogP contribution in [-0.2, 0) is 24.0 Å². The van der Waals surface area contributed by atoms with Gasteiger partial charge in [-0.15, -0.1) is 0 Å². The van der Waals surface area contributed by atoms with Crippen LogP contribution in [0.5, 0.6) is 0 Å². The number of aliphatic carboxylic acids is 1. The van der Waals surface area contributed by atoms with E-state index in [4.69, 9.17) is 5.11 Å². The lowest BCUT2D eigenvalue weighted by Gasteiger charge is -2.15. The summed E-state index contributed by atoms with van der Waals surface area (Å²) in [5, 5.41) is 28.9. The van der Waals surface area contributed by atoms with Gasteiger partial charge in [-0.2, -0.15) is 0 Å². The number of nitrogens with zero attached hydrogens (tertiary/aromatic N) is 1. The number of amides is 4. The molecule has 0 aliphatic heterocycles. The van der Waals surface area contributed by atoms with E-state index in [0.717, 1.165) is 0 Å². The van der Waals surface area contributed by atoms with E-state index >= 15 is 0 Å². The molecule has 0 aliphatic carbocycles. The van der Waals surface area contributed by atoms with Crippen molar-refractivity contribution in [3.05, 3.63) is 34.4 Å². The van der Waals surface area contributed by atoms with E-state index in [1.165, 1.54) is 38.1 Å². The maximum atomic E-state index is 12.1. The van der Waals surface area contributed by atoms with Gasteiger partial charge in [-0.05, 0) is 26.0 Å². The lowest BCUT2D eigenvalue weighted by Crippen LogP contribution is -2.46. The van der Waals surface area contributed by atoms with Gasteiger partial charge in [0.05, 0.1) is 11.3 Å². The van der Waals surface area contributed by atoms with Crippen LogP contribution in [0.25, 0.3) is 0 Å². The Morgan fingerprint density at radius 1 is 0.906 bits per heavy atom. The van der Waals surface area contributed by atoms with Gasteiger partial charge in [0.15, 0.2) is 0 Å². The van der Waals surface area contributed by atoms with Crippen molar-refractivity contribution in [1.82, 2.24) is 16.0 Å². The number of carboxylic acids is 1. The first-order chi connectivity index (χ1) is 15.0. The van der Waals surface area contributed by atoms with Crippen LogP contribution >= 0.6 is 0 Å². The number of anilines is 1. The maximum Gasteiger partial charge on any atom is 0.303 e. The number of nitro benzene ring substituents is 1. The van der Waals surface area contributed by atoms with Crippen molar-refractivity contribution in [1.29, 1.82) is 0 Å². The standard InChI is InChI=1S/C19H25N5O8/c1-11(21-15(25)7-8-17(27)28)18(29)20-10-9-16(26)22-12(2)19(30)23-13-3-5-14(6-4-13)24(31)32/h3-6,11-12H,7-10H2,1-2H3,(H,20,29)(H,21,25)(H,22,26)(H,23,30)(H,27,28)/t11-,12-/m0/s1. The van der Waals surface area contributed by atoms with E-state index in [2.05, 4.69) is 21.3 Å². The van der Waals surface area contributed by atoms with Gasteiger partial charge in [-0.1, -0.05) is 0 Å². The SMILES string of the molecule is C[C@H](NC(=O)CCC(=O)O)C(=O)NCCC(=O)N[C@@H](C)C(=O)Nc1ccc([N+](=O)[O-])cc1. The number of non-ortho nitro benzene ring substituents is 1. The highest BCUT2D eigenvalue weighted by molar-refractivity contribution is 5.97. The van der Waals surface area contributed by atoms with Crippen LogP contribution < -0.4 is 21.3 Å². The fourth-order valence-corrected chi connectivity index (χ4v) is 2.35. The normalized spacial score (nSPS) is 12.1. The molecule has 13 nitrogen and oxygen atoms in total. The molecule has 0 heterocycles. The highest BCUT2D eigenvalue weighted by atomic mass is 16.6. The second-order valence-corrected chi connectivity index (χ2v) is 6.81. The van der Waals surface area contributed by atoms with Gasteiger partial charge in [-0.3, -0.25) is 34.1 Å². The number of benzene rings is 1. The van der Waals surface area contributed by atoms with Gasteiger partial charge < -0.3 is 26.4 Å². The molecule has 0 fully saturated rings. The van der Waals surface area contributed by atoms with Crippen molar-refractivity contribution >= 4 is 41.0 Å². The number of hydrogen-bond acceptors (Lipinski definition) is 7. The molecule has 5 N–H and O–H groups in total. The monoisotopic (exact) mass is 451 g/mol. The molecule has 0 saturated heterocycles. The Balaban J connectivity index is 2.34. The highest BCUT2D eigenvalue weighted by Crippen LogP contribution is 2.15. The number of carboxylic acid groups (broad SMARTS) is 1. The Morgan fingerprint density at radius 3 is 1.97 bits per heavy atom. The average molecular weight is 451 g/mol. The van der Waals surface area contributed by atoms with Crippen LogP contribution in [0.15, 0.2) is 24.3 Å². The number of nitrogens with one attached hydrogen (secondary N) is 4. The van der Waals surface area contributed by atoms with Gasteiger partial charge in [0.25, 0.3) is 5.69 Å². The van der Waals surface area contributed by atoms with Crippen molar-refractivity contribution in [3.63, 3.8) is 0 Å². The molecule has 0 saturated carbocycles. The smallest absolute Gasteiger partial charge is 0.303 e. The van der Waals surface area contributed by atoms with Crippen LogP contribution in [-0.4, -0.2) is 58.3 Å². The minimum absolute atomic E-state index is 0.0449. The first-order valence-electron chi connectivity index (χ1n) is 9.63. The summed E-state index contributed by atoms with van der Waals surface area (Å²) in [6.07, 6.45) is -0.730. The predicted molar refractivity (Wildman–Crippen MR) is 111 cm³/mol. The summed E-state index contributed by atoms with van der Waals surface area (Å²) < 4.78 is 0. The molecule has 0 aliphatic rings. The zero-order chi connectivity index (χ0) is 24.3. The Bertz CT molecular complexity index is 871. The molecule has 1 aromatic carbocycles. The molecular formula is C19H25N5O8. The van der Waals surface area contributed by atoms with Crippen molar-refractivity contribution in [2.24, 2.45) is 0 Å². The summed E-state index contributed by atoms with van der Waals surface area (Å²) in [4.78, 5) is 68.0. The van der Waals surface area contributed by atoms with Gasteiger partial charge >= 0.3 is 5.97 Å². The number of rotatable bonds is 12. The minimum atomic E-state index is -1.13. The van der Waals surface area contributed by atoms with E-state index in [9.17, 15) is 34.1 Å². The first kappa shape index (κ1) is 26.0. The third-order valence-corrected chi connectivity index (χ3v) is 4.10. The molecule has 1 aromatic rings. The molecule has 0 aromatic heterocycles. The second-order valence-electron chi connectivity index (χ2n) is 6.81. The minimum Gasteiger partial charge on any atom is -0.481 e. The van der Waals surface area contributed by atoms with E-state index in [-0.39, 0.29) is 31.5 Å². The summed E-state index contributed by atoms with van der Waals surface area (Å²) in [6, 6.07) is 3.38. The molecule has 174 valence electrons. The zero-order valence-electron chi connectivity index (χ0n) is 17.5. The van der Waals surface area contributed by atoms with Crippen LogP contribution in [0.3, 0.4) is 0 Å². The van der Waals surface area contributed by atoms with Crippen LogP contribution in [0, 0.1) is 10.1 Å². The van der Waals surface area contributed by atoms with Gasteiger partial charge in [-0.25, -0.2) is 0 Å². The van der Waals surface area contributed by atoms with Gasteiger partial charge in [0.2, 0.25) is 23.6 Å². The Hall–Kier alpha value is -4.03. The summed E-state index contributed by atoms with van der Waals surface area (Å²) in [5.41, 5.74) is 0.203. The zero-order valence-corrected chi connectivity index (χ0v) is 17.5. The van der Waals surface area contributed by atoms with Crippen LogP contribution in [0.2, 0.25) is 0 Å². The fourth-order valence-electron chi connectivity index (χ4n) is 2.35. The van der Waals surface area contributed by atoms with E-state index in [1.54, 1.807) is 0 Å². The number of carbonyl (C=O) groups is 5. The molecule has 4 amide bonds. The number of nitro groups is 1. The van der Waals surface area contributed by atoms with Crippen molar-refractivity contribution in [2.75, 3.05) is 11.9 Å². The Morgan fingerprint density at radius 2 is 1.44 bits per heavy atom. The molecule has 0 unspecified atom stereocenters. The molecular weight excluding hydrogens is 426 g/mol. The quantitative estimate of drug-likeness (QED) is 0.215. The van der Waals surface area contributed by atoms with E-state index in [0.29, 0.717) is 5.69 Å². The lowest BCUT2D eigenvalue weighted by atomic mass is 10.2. The van der Waals surface area contributed by atoms with E-state index < -0.39 is 46.6 Å². The molecule has 0 bridgehead atoms. The maximum absolute atomic E-state index is 12.1. The number of hydrogen-bond donors (Lipinski definition) is 5. The third-order valence-electron chi connectivity index (χ3n) is 4.10. The Labute approximate surface area is 183 Å². The molecule has 0 spiro atoms. The topological polar surface area (TPSA) is 197 Å². The average Bonchev–Trinajstić information content (AvgIpc) is 2.72. The summed E-state index contributed by atoms with van der Waals surface area (Å²) in [5.74, 6) is -3.30. The highest BCUT2D eigenvalue weighted by Gasteiger charge is 2.18. The fraction of sp³-hybridized carbons (Fsp3) is 0.421. The third kappa shape index (κ3) is 9.65. The first-order valence-corrected chi connectivity index (χ1v) is 9.63. The summed E-state index contributed by atoms with van der Waals surface area (Å²) in [7, 11) is 0. The van der Waals surface area contributed by atoms with Crippen molar-refractivity contribution < 1.29 is 34.0 Å². The predicted octanol–water partition coefficient (Wildman–Crippen LogP) is -0.0862. The molecule has 1 rings (SSSR count).